The maximum atomic E-state index is 9.01. The minimum Gasteiger partial charge on any atom is -0.185 e. The van der Waals surface area contributed by atoms with Gasteiger partial charge in [-0.3, -0.25) is 0 Å². The lowest BCUT2D eigenvalue weighted by molar-refractivity contribution is 0.0283. The van der Waals surface area contributed by atoms with Gasteiger partial charge in [0.1, 0.15) is 5.40 Å². The van der Waals surface area contributed by atoms with Gasteiger partial charge in [0.15, 0.2) is 0 Å². The Kier molecular flexibility index (Phi) is 8.85. The van der Waals surface area contributed by atoms with Crippen molar-refractivity contribution in [3.05, 3.63) is 0 Å². The second-order valence-electron chi connectivity index (χ2n) is 11.6. The van der Waals surface area contributed by atoms with Crippen LogP contribution in [-0.2, 0) is 0 Å². The molecule has 0 N–H and O–H groups in total. The predicted octanol–water partition coefficient (Wildman–Crippen LogP) is 8.30. The average Bonchev–Trinajstić information content (AvgIpc) is 2.93. The van der Waals surface area contributed by atoms with Crippen LogP contribution in [0.15, 0.2) is 0 Å². The average molecular weight is 454 g/mol. The molecule has 4 atom stereocenters. The third-order valence-electron chi connectivity index (χ3n) is 9.20. The van der Waals surface area contributed by atoms with Crippen molar-refractivity contribution in [1.29, 1.82) is 5.26 Å². The molecule has 1 saturated heterocycles. The first-order chi connectivity index (χ1) is 13.7. The number of thiocyanates is 1. The van der Waals surface area contributed by atoms with Gasteiger partial charge >= 0.3 is 0 Å². The smallest absolute Gasteiger partial charge is 0.133 e. The largest absolute Gasteiger partial charge is 0.185 e. The van der Waals surface area contributed by atoms with E-state index in [-0.39, 0.29) is 0 Å². The van der Waals surface area contributed by atoms with Crippen LogP contribution in [0.4, 0.5) is 0 Å². The SMILES string of the molecule is CC(C)(P)C1CCC(C(C)(C)C2CCC(C3CCPC(SC#N)CC3)CC2)CC1. The van der Waals surface area contributed by atoms with E-state index in [4.69, 9.17) is 5.26 Å². The van der Waals surface area contributed by atoms with Crippen molar-refractivity contribution in [3.8, 4) is 5.40 Å². The summed E-state index contributed by atoms with van der Waals surface area (Å²) < 4.78 is 0. The van der Waals surface area contributed by atoms with Gasteiger partial charge in [-0.2, -0.15) is 5.26 Å². The molecule has 0 aromatic rings. The molecule has 0 aromatic heterocycles. The maximum Gasteiger partial charge on any atom is 0.133 e. The number of thioether (sulfide) groups is 1. The number of hydrogen-bond acceptors (Lipinski definition) is 2. The number of rotatable bonds is 5. The van der Waals surface area contributed by atoms with E-state index in [1.807, 2.05) is 0 Å². The van der Waals surface area contributed by atoms with E-state index >= 15 is 0 Å². The molecule has 1 heterocycles. The lowest BCUT2D eigenvalue weighted by atomic mass is 9.58. The molecule has 4 heteroatoms. The van der Waals surface area contributed by atoms with E-state index in [1.165, 1.54) is 76.8 Å². The Bertz CT molecular complexity index is 548. The second kappa shape index (κ2) is 10.5. The van der Waals surface area contributed by atoms with Gasteiger partial charge < -0.3 is 0 Å². The highest BCUT2D eigenvalue weighted by Crippen LogP contribution is 2.53. The summed E-state index contributed by atoms with van der Waals surface area (Å²) in [6, 6.07) is 0. The summed E-state index contributed by atoms with van der Waals surface area (Å²) in [6.45, 7) is 10.0. The van der Waals surface area contributed by atoms with Gasteiger partial charge in [-0.25, -0.2) is 0 Å². The first kappa shape index (κ1) is 24.3. The van der Waals surface area contributed by atoms with Gasteiger partial charge in [-0.15, -0.1) is 17.8 Å². The van der Waals surface area contributed by atoms with Crippen molar-refractivity contribution >= 4 is 29.6 Å². The first-order valence-corrected chi connectivity index (χ1v) is 15.0. The van der Waals surface area contributed by atoms with Crippen molar-refractivity contribution in [2.45, 2.75) is 108 Å². The highest BCUT2D eigenvalue weighted by atomic mass is 32.2. The third-order valence-corrected chi connectivity index (χ3v) is 12.5. The molecular weight excluding hydrogens is 408 g/mol. The molecule has 3 rings (SSSR count). The van der Waals surface area contributed by atoms with Crippen LogP contribution in [0.1, 0.15) is 98.3 Å². The Morgan fingerprint density at radius 1 is 0.759 bits per heavy atom. The Labute approximate surface area is 189 Å². The molecule has 0 aromatic carbocycles. The van der Waals surface area contributed by atoms with Crippen LogP contribution in [0.25, 0.3) is 0 Å². The molecule has 166 valence electrons. The van der Waals surface area contributed by atoms with Crippen LogP contribution in [0.2, 0.25) is 0 Å². The Morgan fingerprint density at radius 2 is 1.24 bits per heavy atom. The molecule has 29 heavy (non-hydrogen) atoms. The van der Waals surface area contributed by atoms with Crippen molar-refractivity contribution < 1.29 is 0 Å². The molecule has 1 nitrogen and oxygen atoms in total. The Morgan fingerprint density at radius 3 is 1.79 bits per heavy atom. The van der Waals surface area contributed by atoms with Crippen LogP contribution in [0, 0.1) is 45.7 Å². The van der Waals surface area contributed by atoms with E-state index < -0.39 is 0 Å². The quantitative estimate of drug-likeness (QED) is 0.309. The van der Waals surface area contributed by atoms with Crippen molar-refractivity contribution in [3.63, 3.8) is 0 Å². The minimum atomic E-state index is 0.414. The molecule has 3 aliphatic rings. The summed E-state index contributed by atoms with van der Waals surface area (Å²) >= 11 is 1.55. The molecular formula is C25H45NP2S. The summed E-state index contributed by atoms with van der Waals surface area (Å²) in [4.78, 5) is 0.641. The number of nitriles is 1. The molecule has 1 aliphatic heterocycles. The van der Waals surface area contributed by atoms with Gasteiger partial charge in [0.05, 0.1) is 0 Å². The minimum absolute atomic E-state index is 0.414. The van der Waals surface area contributed by atoms with Crippen LogP contribution < -0.4 is 0 Å². The zero-order valence-corrected chi connectivity index (χ0v) is 22.4. The van der Waals surface area contributed by atoms with Crippen LogP contribution >= 0.6 is 29.6 Å². The second-order valence-corrected chi connectivity index (χ2v) is 16.1. The summed E-state index contributed by atoms with van der Waals surface area (Å²) in [6.07, 6.45) is 17.2. The monoisotopic (exact) mass is 453 g/mol. The fourth-order valence-corrected chi connectivity index (χ4v) is 9.72. The number of nitrogens with zero attached hydrogens (tertiary/aromatic N) is 1. The fraction of sp³-hybridized carbons (Fsp3) is 0.960. The number of hydrogen-bond donors (Lipinski definition) is 0. The van der Waals surface area contributed by atoms with E-state index in [9.17, 15) is 0 Å². The molecule has 0 bridgehead atoms. The summed E-state index contributed by atoms with van der Waals surface area (Å²) in [5.74, 6) is 4.71. The topological polar surface area (TPSA) is 23.8 Å². The molecule has 3 fully saturated rings. The molecule has 0 amide bonds. The lowest BCUT2D eigenvalue weighted by Gasteiger charge is -2.48. The molecule has 2 saturated carbocycles. The van der Waals surface area contributed by atoms with Gasteiger partial charge in [-0.05, 0) is 129 Å². The van der Waals surface area contributed by atoms with Gasteiger partial charge in [0, 0.05) is 4.99 Å². The third kappa shape index (κ3) is 6.36. The molecule has 4 unspecified atom stereocenters. The summed E-state index contributed by atoms with van der Waals surface area (Å²) in [7, 11) is 4.12. The van der Waals surface area contributed by atoms with Gasteiger partial charge in [-0.1, -0.05) is 27.7 Å². The lowest BCUT2D eigenvalue weighted by Crippen LogP contribution is -2.39. The molecule has 0 spiro atoms. The predicted molar refractivity (Wildman–Crippen MR) is 136 cm³/mol. The molecule has 2 aliphatic carbocycles. The van der Waals surface area contributed by atoms with Crippen molar-refractivity contribution in [2.24, 2.45) is 35.0 Å². The Hall–Kier alpha value is 0.700. The van der Waals surface area contributed by atoms with Crippen molar-refractivity contribution in [1.82, 2.24) is 0 Å². The zero-order valence-electron chi connectivity index (χ0n) is 19.4. The molecule has 0 radical (unpaired) electrons. The van der Waals surface area contributed by atoms with Crippen LogP contribution in [0.5, 0.6) is 0 Å². The van der Waals surface area contributed by atoms with Crippen LogP contribution in [-0.4, -0.2) is 16.3 Å². The maximum absolute atomic E-state index is 9.01. The van der Waals surface area contributed by atoms with Crippen LogP contribution in [0.3, 0.4) is 0 Å². The first-order valence-electron chi connectivity index (χ1n) is 12.3. The Balaban J connectivity index is 1.48. The summed E-state index contributed by atoms with van der Waals surface area (Å²) in [5, 5.41) is 11.8. The van der Waals surface area contributed by atoms with Crippen molar-refractivity contribution in [2.75, 3.05) is 6.16 Å². The van der Waals surface area contributed by atoms with E-state index in [1.54, 1.807) is 11.8 Å². The highest BCUT2D eigenvalue weighted by molar-refractivity contribution is 8.08. The zero-order chi connectivity index (χ0) is 21.1. The van der Waals surface area contributed by atoms with Gasteiger partial charge in [0.2, 0.25) is 0 Å². The highest BCUT2D eigenvalue weighted by Gasteiger charge is 2.42. The standard InChI is InChI=1S/C25H45NP2S/c1-24(2,21-10-12-22(13-11-21)25(3,4)27)20-8-5-18(6-9-20)19-7-14-23(29-17-26)28-16-15-19/h18-23,28H,5-16,27H2,1-4H3. The fourth-order valence-electron chi connectivity index (χ4n) is 6.93. The van der Waals surface area contributed by atoms with Gasteiger partial charge in [0.25, 0.3) is 0 Å². The summed E-state index contributed by atoms with van der Waals surface area (Å²) in [5.41, 5.74) is 0.528. The van der Waals surface area contributed by atoms with E-state index in [0.717, 1.165) is 38.2 Å². The van der Waals surface area contributed by atoms with E-state index in [2.05, 4.69) is 42.3 Å². The van der Waals surface area contributed by atoms with E-state index in [0.29, 0.717) is 15.6 Å². The normalized spacial score (nSPS) is 38.3.